The predicted octanol–water partition coefficient (Wildman–Crippen LogP) is 0.529. The van der Waals surface area contributed by atoms with E-state index in [1.165, 1.54) is 18.6 Å². The van der Waals surface area contributed by atoms with Crippen LogP contribution in [-0.4, -0.2) is 41.6 Å². The molecule has 1 heterocycles. The van der Waals surface area contributed by atoms with Crippen molar-refractivity contribution in [1.82, 2.24) is 4.37 Å². The van der Waals surface area contributed by atoms with Crippen LogP contribution in [0.3, 0.4) is 0 Å². The fourth-order valence-corrected chi connectivity index (χ4v) is 4.22. The zero-order valence-corrected chi connectivity index (χ0v) is 21.0. The molecule has 0 spiro atoms. The zero-order chi connectivity index (χ0) is 24.1. The monoisotopic (exact) mass is 505 g/mol. The third-order valence-electron chi connectivity index (χ3n) is 5.52. The number of quaternary nitrogens is 1. The van der Waals surface area contributed by atoms with Crippen LogP contribution in [0.5, 0.6) is 11.5 Å². The molecule has 2 aromatic carbocycles. The number of hydrogen-bond donors (Lipinski definition) is 3. The number of carbonyl (C=O) groups excluding carboxylic acids is 1. The maximum absolute atomic E-state index is 12.6. The number of hydrogen-bond acceptors (Lipinski definition) is 6. The number of carboxylic acids is 1. The van der Waals surface area contributed by atoms with Gasteiger partial charge in [0.2, 0.25) is 0 Å². The lowest BCUT2D eigenvalue weighted by Gasteiger charge is -2.14. The molecule has 0 aliphatic rings. The van der Waals surface area contributed by atoms with Crippen molar-refractivity contribution in [2.45, 2.75) is 32.7 Å². The van der Waals surface area contributed by atoms with Crippen LogP contribution in [0.4, 0.5) is 5.69 Å². The lowest BCUT2D eigenvalue weighted by molar-refractivity contribution is -0.403. The lowest BCUT2D eigenvalue weighted by atomic mass is 9.99. The number of nitrogens with one attached hydrogen (secondary N) is 1. The van der Waals surface area contributed by atoms with Gasteiger partial charge in [0, 0.05) is 18.2 Å². The quantitative estimate of drug-likeness (QED) is 0.389. The van der Waals surface area contributed by atoms with Gasteiger partial charge in [-0.2, -0.15) is 4.37 Å². The van der Waals surface area contributed by atoms with Crippen LogP contribution in [0.25, 0.3) is 21.6 Å². The molecule has 1 atom stereocenters. The van der Waals surface area contributed by atoms with Crippen LogP contribution in [0.2, 0.25) is 0 Å². The second-order valence-corrected chi connectivity index (χ2v) is 8.52. The highest BCUT2D eigenvalue weighted by Gasteiger charge is 2.21. The van der Waals surface area contributed by atoms with Gasteiger partial charge in [-0.15, -0.1) is 0 Å². The SMILES string of the molecule is COc1ccc(-c2cnsc2-c2cc(C)c(C)c(OC)c2)cc1NC(=O)[C@@H]([NH3+])CCC(=O)O.[Cl-]. The first-order valence-electron chi connectivity index (χ1n) is 10.4. The maximum atomic E-state index is 12.6. The van der Waals surface area contributed by atoms with Crippen molar-refractivity contribution >= 4 is 29.1 Å². The second-order valence-electron chi connectivity index (χ2n) is 7.72. The van der Waals surface area contributed by atoms with Gasteiger partial charge in [0.1, 0.15) is 11.5 Å². The normalized spacial score (nSPS) is 11.3. The number of rotatable bonds is 9. The molecular formula is C24H28ClN3O5S. The van der Waals surface area contributed by atoms with Gasteiger partial charge >= 0.3 is 5.97 Å². The van der Waals surface area contributed by atoms with Crippen molar-refractivity contribution < 1.29 is 42.3 Å². The first-order valence-corrected chi connectivity index (χ1v) is 11.2. The molecule has 1 aromatic heterocycles. The van der Waals surface area contributed by atoms with E-state index in [9.17, 15) is 9.59 Å². The molecule has 0 radical (unpaired) electrons. The fourth-order valence-electron chi connectivity index (χ4n) is 3.46. The van der Waals surface area contributed by atoms with Crippen LogP contribution in [0.15, 0.2) is 36.5 Å². The molecule has 8 nitrogen and oxygen atoms in total. The number of ether oxygens (including phenoxy) is 2. The third-order valence-corrected chi connectivity index (χ3v) is 6.37. The molecule has 0 bridgehead atoms. The number of carbonyl (C=O) groups is 2. The molecule has 0 saturated carbocycles. The summed E-state index contributed by atoms with van der Waals surface area (Å²) in [6.45, 7) is 4.07. The lowest BCUT2D eigenvalue weighted by Crippen LogP contribution is -3.00. The van der Waals surface area contributed by atoms with Crippen LogP contribution < -0.4 is 32.9 Å². The van der Waals surface area contributed by atoms with Crippen LogP contribution in [0.1, 0.15) is 24.0 Å². The van der Waals surface area contributed by atoms with Crippen molar-refractivity contribution in [1.29, 1.82) is 0 Å². The number of aromatic nitrogens is 1. The highest BCUT2D eigenvalue weighted by Crippen LogP contribution is 2.40. The molecule has 0 saturated heterocycles. The maximum Gasteiger partial charge on any atom is 0.303 e. The molecule has 182 valence electrons. The molecular weight excluding hydrogens is 478 g/mol. The van der Waals surface area contributed by atoms with Gasteiger partial charge in [0.15, 0.2) is 6.04 Å². The molecule has 0 aliphatic heterocycles. The fraction of sp³-hybridized carbons (Fsp3) is 0.292. The minimum absolute atomic E-state index is 0. The van der Waals surface area contributed by atoms with Gasteiger partial charge in [-0.05, 0) is 65.8 Å². The number of nitrogens with zero attached hydrogens (tertiary/aromatic N) is 1. The Labute approximate surface area is 208 Å². The Balaban J connectivity index is 0.00000408. The van der Waals surface area contributed by atoms with E-state index in [0.29, 0.717) is 11.4 Å². The molecule has 5 N–H and O–H groups in total. The van der Waals surface area contributed by atoms with Gasteiger partial charge in [0.25, 0.3) is 5.91 Å². The van der Waals surface area contributed by atoms with E-state index in [-0.39, 0.29) is 31.2 Å². The number of aryl methyl sites for hydroxylation is 1. The summed E-state index contributed by atoms with van der Waals surface area (Å²) in [6, 6.07) is 8.93. The number of halogens is 1. The van der Waals surface area contributed by atoms with Crippen LogP contribution in [-0.2, 0) is 9.59 Å². The summed E-state index contributed by atoms with van der Waals surface area (Å²) >= 11 is 1.39. The molecule has 0 unspecified atom stereocenters. The van der Waals surface area contributed by atoms with Gasteiger partial charge in [-0.3, -0.25) is 9.59 Å². The standard InChI is InChI=1S/C24H27N3O5S.ClH/c1-13-9-16(11-21(32-4)14(13)2)23-17(12-26-33-23)15-5-7-20(31-3)19(10-15)27-24(30)18(25)6-8-22(28)29;/h5,7,9-12,18H,6,8,25H2,1-4H3,(H,27,30)(H,28,29);1H/t18-;/m0./s1. The highest BCUT2D eigenvalue weighted by atomic mass is 35.5. The Morgan fingerprint density at radius 2 is 1.82 bits per heavy atom. The van der Waals surface area contributed by atoms with Crippen molar-refractivity contribution in [2.75, 3.05) is 19.5 Å². The summed E-state index contributed by atoms with van der Waals surface area (Å²) in [5.74, 6) is -0.0178. The predicted molar refractivity (Wildman–Crippen MR) is 128 cm³/mol. The van der Waals surface area contributed by atoms with Gasteiger partial charge < -0.3 is 38.0 Å². The van der Waals surface area contributed by atoms with E-state index in [1.807, 2.05) is 32.0 Å². The molecule has 10 heteroatoms. The Bertz CT molecular complexity index is 1180. The Kier molecular flexibility index (Phi) is 9.43. The first-order chi connectivity index (χ1) is 15.7. The van der Waals surface area contributed by atoms with Crippen molar-refractivity contribution in [3.05, 3.63) is 47.7 Å². The van der Waals surface area contributed by atoms with E-state index < -0.39 is 12.0 Å². The Morgan fingerprint density at radius 3 is 2.47 bits per heavy atom. The summed E-state index contributed by atoms with van der Waals surface area (Å²) in [5.41, 5.74) is 9.25. The van der Waals surface area contributed by atoms with E-state index in [2.05, 4.69) is 21.5 Å². The number of amides is 1. The first kappa shape index (κ1) is 27.1. The largest absolute Gasteiger partial charge is 1.00 e. The van der Waals surface area contributed by atoms with E-state index in [0.717, 1.165) is 38.4 Å². The minimum Gasteiger partial charge on any atom is -1.00 e. The van der Waals surface area contributed by atoms with Crippen molar-refractivity contribution in [3.8, 4) is 33.1 Å². The number of anilines is 1. The molecule has 0 aliphatic carbocycles. The molecule has 0 fully saturated rings. The molecule has 3 aromatic rings. The average Bonchev–Trinajstić information content (AvgIpc) is 3.29. The van der Waals surface area contributed by atoms with Crippen molar-refractivity contribution in [2.24, 2.45) is 0 Å². The topological polar surface area (TPSA) is 125 Å². The van der Waals surface area contributed by atoms with Crippen molar-refractivity contribution in [3.63, 3.8) is 0 Å². The minimum atomic E-state index is -0.962. The number of aliphatic carboxylic acids is 1. The average molecular weight is 506 g/mol. The summed E-state index contributed by atoms with van der Waals surface area (Å²) < 4.78 is 15.4. The number of methoxy groups -OCH3 is 2. The van der Waals surface area contributed by atoms with Gasteiger partial charge in [-0.1, -0.05) is 12.1 Å². The number of benzene rings is 2. The highest BCUT2D eigenvalue weighted by molar-refractivity contribution is 7.10. The molecule has 34 heavy (non-hydrogen) atoms. The van der Waals surface area contributed by atoms with E-state index in [1.54, 1.807) is 19.4 Å². The van der Waals surface area contributed by atoms with E-state index in [4.69, 9.17) is 14.6 Å². The van der Waals surface area contributed by atoms with Crippen LogP contribution >= 0.6 is 11.5 Å². The summed E-state index contributed by atoms with van der Waals surface area (Å²) in [7, 11) is 3.18. The number of carboxylic acid groups (broad SMARTS) is 1. The molecule has 3 rings (SSSR count). The van der Waals surface area contributed by atoms with Gasteiger partial charge in [-0.25, -0.2) is 0 Å². The van der Waals surface area contributed by atoms with Gasteiger partial charge in [0.05, 0.1) is 31.2 Å². The Hall–Kier alpha value is -3.14. The molecule has 1 amide bonds. The zero-order valence-electron chi connectivity index (χ0n) is 19.5. The second kappa shape index (κ2) is 11.8. The van der Waals surface area contributed by atoms with Crippen LogP contribution in [0, 0.1) is 13.8 Å². The third kappa shape index (κ3) is 6.05. The summed E-state index contributed by atoms with van der Waals surface area (Å²) in [4.78, 5) is 24.4. The summed E-state index contributed by atoms with van der Waals surface area (Å²) in [5, 5.41) is 11.7. The Morgan fingerprint density at radius 1 is 1.12 bits per heavy atom. The van der Waals surface area contributed by atoms with E-state index >= 15 is 0 Å². The summed E-state index contributed by atoms with van der Waals surface area (Å²) in [6.07, 6.45) is 1.82. The smallest absolute Gasteiger partial charge is 0.303 e.